The molecule has 6 heteroatoms. The quantitative estimate of drug-likeness (QED) is 0.610. The van der Waals surface area contributed by atoms with Crippen LogP contribution in [0.5, 0.6) is 5.75 Å². The molecule has 3 heterocycles. The van der Waals surface area contributed by atoms with Gasteiger partial charge >= 0.3 is 0 Å². The molecule has 4 rings (SSSR count). The van der Waals surface area contributed by atoms with E-state index in [2.05, 4.69) is 17.1 Å². The average molecular weight is 378 g/mol. The zero-order valence-electron chi connectivity index (χ0n) is 16.3. The Bertz CT molecular complexity index is 935. The van der Waals surface area contributed by atoms with E-state index in [1.54, 1.807) is 0 Å². The summed E-state index contributed by atoms with van der Waals surface area (Å²) in [6.45, 7) is 4.30. The summed E-state index contributed by atoms with van der Waals surface area (Å²) in [5.74, 6) is 2.02. The summed E-state index contributed by atoms with van der Waals surface area (Å²) in [5.41, 5.74) is 1.55. The largest absolute Gasteiger partial charge is 0.494 e. The Balaban J connectivity index is 1.44. The van der Waals surface area contributed by atoms with Gasteiger partial charge in [0.05, 0.1) is 6.61 Å². The van der Waals surface area contributed by atoms with Crippen LogP contribution in [-0.2, 0) is 0 Å². The molecule has 1 unspecified atom stereocenters. The summed E-state index contributed by atoms with van der Waals surface area (Å²) >= 11 is 0. The zero-order valence-corrected chi connectivity index (χ0v) is 16.3. The van der Waals surface area contributed by atoms with Gasteiger partial charge < -0.3 is 9.64 Å². The number of hydrogen-bond donors (Lipinski definition) is 0. The molecule has 1 aliphatic rings. The Hall–Kier alpha value is -2.89. The lowest BCUT2D eigenvalue weighted by molar-refractivity contribution is 0.0704. The summed E-state index contributed by atoms with van der Waals surface area (Å²) in [7, 11) is 0. The number of nitrogens with zero attached hydrogens (tertiary/aromatic N) is 4. The lowest BCUT2D eigenvalue weighted by Crippen LogP contribution is -2.39. The molecule has 0 aliphatic carbocycles. The van der Waals surface area contributed by atoms with E-state index < -0.39 is 0 Å². The summed E-state index contributed by atoms with van der Waals surface area (Å²) < 4.78 is 7.72. The maximum Gasteiger partial charge on any atom is 0.253 e. The second-order valence-corrected chi connectivity index (χ2v) is 7.30. The van der Waals surface area contributed by atoms with Crippen molar-refractivity contribution in [2.45, 2.75) is 38.5 Å². The van der Waals surface area contributed by atoms with Gasteiger partial charge in [-0.25, -0.2) is 0 Å². The summed E-state index contributed by atoms with van der Waals surface area (Å²) in [6.07, 6.45) is 6.12. The molecule has 1 fully saturated rings. The van der Waals surface area contributed by atoms with Gasteiger partial charge in [0.1, 0.15) is 11.6 Å². The Morgan fingerprint density at radius 3 is 2.86 bits per heavy atom. The van der Waals surface area contributed by atoms with Crippen LogP contribution in [0, 0.1) is 0 Å². The predicted molar refractivity (Wildman–Crippen MR) is 108 cm³/mol. The van der Waals surface area contributed by atoms with Crippen LogP contribution in [0.15, 0.2) is 48.7 Å². The highest BCUT2D eigenvalue weighted by molar-refractivity contribution is 5.94. The molecule has 146 valence electrons. The molecule has 28 heavy (non-hydrogen) atoms. The van der Waals surface area contributed by atoms with Gasteiger partial charge in [-0.3, -0.25) is 9.20 Å². The van der Waals surface area contributed by atoms with Crippen LogP contribution in [-0.4, -0.2) is 45.1 Å². The van der Waals surface area contributed by atoms with Gasteiger partial charge in [0.2, 0.25) is 0 Å². The van der Waals surface area contributed by atoms with Crippen LogP contribution >= 0.6 is 0 Å². The first kappa shape index (κ1) is 18.5. The molecule has 0 N–H and O–H groups in total. The van der Waals surface area contributed by atoms with E-state index in [9.17, 15) is 4.79 Å². The molecule has 0 spiro atoms. The number of aromatic nitrogens is 3. The van der Waals surface area contributed by atoms with Crippen molar-refractivity contribution in [2.24, 2.45) is 0 Å². The predicted octanol–water partition coefficient (Wildman–Crippen LogP) is 3.93. The monoisotopic (exact) mass is 378 g/mol. The molecule has 1 atom stereocenters. The number of hydrogen-bond acceptors (Lipinski definition) is 4. The van der Waals surface area contributed by atoms with Crippen molar-refractivity contribution >= 4 is 11.6 Å². The molecular weight excluding hydrogens is 352 g/mol. The van der Waals surface area contributed by atoms with Crippen LogP contribution in [0.4, 0.5) is 0 Å². The van der Waals surface area contributed by atoms with E-state index in [0.29, 0.717) is 18.7 Å². The van der Waals surface area contributed by atoms with Crippen molar-refractivity contribution in [3.05, 3.63) is 60.0 Å². The third-order valence-corrected chi connectivity index (χ3v) is 5.28. The van der Waals surface area contributed by atoms with Gasteiger partial charge in [0.25, 0.3) is 5.91 Å². The zero-order chi connectivity index (χ0) is 19.3. The number of carbonyl (C=O) groups is 1. The first-order valence-electron chi connectivity index (χ1n) is 10.1. The minimum absolute atomic E-state index is 0.0682. The van der Waals surface area contributed by atoms with E-state index in [1.165, 1.54) is 0 Å². The van der Waals surface area contributed by atoms with Gasteiger partial charge in [-0.15, -0.1) is 10.2 Å². The fourth-order valence-corrected chi connectivity index (χ4v) is 3.72. The molecule has 3 aromatic rings. The van der Waals surface area contributed by atoms with Crippen molar-refractivity contribution in [1.82, 2.24) is 19.5 Å². The Morgan fingerprint density at radius 1 is 1.18 bits per heavy atom. The lowest BCUT2D eigenvalue weighted by atomic mass is 9.96. The van der Waals surface area contributed by atoms with Crippen molar-refractivity contribution in [3.8, 4) is 5.75 Å². The fourth-order valence-electron chi connectivity index (χ4n) is 3.72. The summed E-state index contributed by atoms with van der Waals surface area (Å²) in [6, 6.07) is 13.4. The van der Waals surface area contributed by atoms with Crippen LogP contribution in [0.25, 0.3) is 5.65 Å². The summed E-state index contributed by atoms with van der Waals surface area (Å²) in [5, 5.41) is 8.65. The van der Waals surface area contributed by atoms with E-state index in [1.807, 2.05) is 58.0 Å². The maximum absolute atomic E-state index is 13.0. The van der Waals surface area contributed by atoms with Crippen molar-refractivity contribution in [1.29, 1.82) is 0 Å². The van der Waals surface area contributed by atoms with Gasteiger partial charge in [-0.2, -0.15) is 0 Å². The van der Waals surface area contributed by atoms with Gasteiger partial charge in [0.15, 0.2) is 5.65 Å². The van der Waals surface area contributed by atoms with Crippen LogP contribution in [0.2, 0.25) is 0 Å². The minimum Gasteiger partial charge on any atom is -0.494 e. The molecule has 1 amide bonds. The molecule has 0 saturated carbocycles. The first-order valence-corrected chi connectivity index (χ1v) is 10.1. The number of pyridine rings is 1. The van der Waals surface area contributed by atoms with E-state index in [4.69, 9.17) is 4.74 Å². The summed E-state index contributed by atoms with van der Waals surface area (Å²) in [4.78, 5) is 14.9. The highest BCUT2D eigenvalue weighted by Gasteiger charge is 2.28. The third kappa shape index (κ3) is 3.86. The normalized spacial score (nSPS) is 17.0. The van der Waals surface area contributed by atoms with Crippen molar-refractivity contribution < 1.29 is 9.53 Å². The highest BCUT2D eigenvalue weighted by atomic mass is 16.5. The van der Waals surface area contributed by atoms with Gasteiger partial charge in [0, 0.05) is 30.8 Å². The second kappa shape index (κ2) is 8.42. The number of carbonyl (C=O) groups excluding carboxylic acids is 1. The molecular formula is C22H26N4O2. The SMILES string of the molecule is CCCCOc1ccc(C(=O)N2CCCC(c3nnc4ccccn34)C2)cc1. The second-order valence-electron chi connectivity index (χ2n) is 7.30. The Labute approximate surface area is 165 Å². The lowest BCUT2D eigenvalue weighted by Gasteiger charge is -2.32. The van der Waals surface area contributed by atoms with Crippen LogP contribution in [0.1, 0.15) is 54.7 Å². The van der Waals surface area contributed by atoms with E-state index in [-0.39, 0.29) is 11.8 Å². The number of likely N-dealkylation sites (tertiary alicyclic amines) is 1. The van der Waals surface area contributed by atoms with E-state index >= 15 is 0 Å². The highest BCUT2D eigenvalue weighted by Crippen LogP contribution is 2.27. The number of unbranched alkanes of at least 4 members (excludes halogenated alkanes) is 1. The number of fused-ring (bicyclic) bond motifs is 1. The number of benzene rings is 1. The van der Waals surface area contributed by atoms with Crippen molar-refractivity contribution in [3.63, 3.8) is 0 Å². The molecule has 0 bridgehead atoms. The molecule has 6 nitrogen and oxygen atoms in total. The van der Waals surface area contributed by atoms with Gasteiger partial charge in [-0.05, 0) is 55.7 Å². The molecule has 1 aliphatic heterocycles. The maximum atomic E-state index is 13.0. The Kier molecular flexibility index (Phi) is 5.55. The van der Waals surface area contributed by atoms with Crippen LogP contribution < -0.4 is 4.74 Å². The fraction of sp³-hybridized carbons (Fsp3) is 0.409. The standard InChI is InChI=1S/C22H26N4O2/c1-2-3-15-28-19-11-9-17(10-12-19)22(27)25-13-6-7-18(16-25)21-24-23-20-8-4-5-14-26(20)21/h4-5,8-12,14,18H,2-3,6-7,13,15-16H2,1H3. The third-order valence-electron chi connectivity index (χ3n) is 5.28. The smallest absolute Gasteiger partial charge is 0.253 e. The Morgan fingerprint density at radius 2 is 2.04 bits per heavy atom. The number of amides is 1. The molecule has 1 saturated heterocycles. The minimum atomic E-state index is 0.0682. The molecule has 0 radical (unpaired) electrons. The van der Waals surface area contributed by atoms with Crippen molar-refractivity contribution in [2.75, 3.05) is 19.7 Å². The first-order chi connectivity index (χ1) is 13.8. The molecule has 1 aromatic carbocycles. The number of rotatable bonds is 6. The van der Waals surface area contributed by atoms with Gasteiger partial charge in [-0.1, -0.05) is 19.4 Å². The topological polar surface area (TPSA) is 59.7 Å². The average Bonchev–Trinajstić information content (AvgIpc) is 3.18. The van der Waals surface area contributed by atoms with Crippen LogP contribution in [0.3, 0.4) is 0 Å². The van der Waals surface area contributed by atoms with E-state index in [0.717, 1.165) is 49.4 Å². The number of piperidine rings is 1. The number of ether oxygens (including phenoxy) is 1. The molecule has 2 aromatic heterocycles.